The fourth-order valence-electron chi connectivity index (χ4n) is 3.06. The molecule has 1 aliphatic rings. The van der Waals surface area contributed by atoms with E-state index in [4.69, 9.17) is 23.7 Å². The molecule has 0 aromatic heterocycles. The molecule has 1 heterocycles. The SMILES string of the molecule is CC(=O)OC[C@H]1O[C@H](Sc2ccc([N+](=O)[O-])cc2)[C@@H](OC(C)=O)[C@@H](OC(C)=O)[C@@H]1OC(C)=O. The standard InChI is InChI=1S/C20H23NO11S/c1-10(22)28-9-16-17(29-11(2)23)18(30-12(3)24)19(31-13(4)25)20(32-16)33-15-7-5-14(6-8-15)21(26)27/h5-8,16-20H,9H2,1-4H3/t16-,17-,18+,19+,20-/m1/s1. The van der Waals surface area contributed by atoms with Crippen molar-refractivity contribution < 1.29 is 47.8 Å². The summed E-state index contributed by atoms with van der Waals surface area (Å²) < 4.78 is 27.0. The van der Waals surface area contributed by atoms with Crippen molar-refractivity contribution in [2.24, 2.45) is 0 Å². The van der Waals surface area contributed by atoms with E-state index < -0.39 is 58.7 Å². The Balaban J connectivity index is 2.43. The first-order chi connectivity index (χ1) is 15.5. The number of nitro groups is 1. The van der Waals surface area contributed by atoms with E-state index >= 15 is 0 Å². The van der Waals surface area contributed by atoms with E-state index in [1.54, 1.807) is 0 Å². The van der Waals surface area contributed by atoms with E-state index in [0.717, 1.165) is 32.5 Å². The van der Waals surface area contributed by atoms with Gasteiger partial charge < -0.3 is 23.7 Å². The van der Waals surface area contributed by atoms with Crippen LogP contribution in [0, 0.1) is 10.1 Å². The van der Waals surface area contributed by atoms with Gasteiger partial charge in [-0.2, -0.15) is 0 Å². The molecule has 0 amide bonds. The smallest absolute Gasteiger partial charge is 0.303 e. The molecular formula is C20H23NO11S. The number of esters is 4. The number of benzene rings is 1. The molecule has 0 spiro atoms. The highest BCUT2D eigenvalue weighted by atomic mass is 32.2. The molecule has 0 radical (unpaired) electrons. The molecule has 0 bridgehead atoms. The van der Waals surface area contributed by atoms with Gasteiger partial charge >= 0.3 is 23.9 Å². The van der Waals surface area contributed by atoms with E-state index in [1.165, 1.54) is 31.2 Å². The zero-order valence-electron chi connectivity index (χ0n) is 18.2. The summed E-state index contributed by atoms with van der Waals surface area (Å²) in [5.74, 6) is -2.79. The number of nitro benzene ring substituents is 1. The number of carbonyl (C=O) groups excluding carboxylic acids is 4. The van der Waals surface area contributed by atoms with E-state index in [-0.39, 0.29) is 12.3 Å². The summed E-state index contributed by atoms with van der Waals surface area (Å²) in [5.41, 5.74) is -1.13. The Labute approximate surface area is 193 Å². The van der Waals surface area contributed by atoms with Crippen LogP contribution in [0.2, 0.25) is 0 Å². The van der Waals surface area contributed by atoms with Crippen LogP contribution in [0.3, 0.4) is 0 Å². The third-order valence-corrected chi connectivity index (χ3v) is 5.40. The number of carbonyl (C=O) groups is 4. The van der Waals surface area contributed by atoms with Crippen molar-refractivity contribution in [3.8, 4) is 0 Å². The van der Waals surface area contributed by atoms with Crippen LogP contribution in [0.1, 0.15) is 27.7 Å². The lowest BCUT2D eigenvalue weighted by molar-refractivity contribution is -0.384. The molecule has 12 nitrogen and oxygen atoms in total. The van der Waals surface area contributed by atoms with Crippen molar-refractivity contribution in [2.45, 2.75) is 62.4 Å². The Bertz CT molecular complexity index is 904. The highest BCUT2D eigenvalue weighted by Gasteiger charge is 2.52. The molecule has 1 aromatic rings. The molecule has 0 unspecified atom stereocenters. The maximum atomic E-state index is 11.8. The maximum Gasteiger partial charge on any atom is 0.303 e. The van der Waals surface area contributed by atoms with Gasteiger partial charge in [-0.1, -0.05) is 11.8 Å². The molecular weight excluding hydrogens is 462 g/mol. The first-order valence-corrected chi connectivity index (χ1v) is 10.6. The summed E-state index contributed by atoms with van der Waals surface area (Å²) in [5, 5.41) is 10.9. The number of rotatable bonds is 8. The summed E-state index contributed by atoms with van der Waals surface area (Å²) in [6.45, 7) is 4.24. The van der Waals surface area contributed by atoms with Crippen LogP contribution in [-0.2, 0) is 42.9 Å². The van der Waals surface area contributed by atoms with Gasteiger partial charge in [-0.05, 0) is 12.1 Å². The highest BCUT2D eigenvalue weighted by molar-refractivity contribution is 7.99. The lowest BCUT2D eigenvalue weighted by atomic mass is 9.99. The predicted molar refractivity (Wildman–Crippen MR) is 111 cm³/mol. The first-order valence-electron chi connectivity index (χ1n) is 9.69. The van der Waals surface area contributed by atoms with Gasteiger partial charge in [-0.15, -0.1) is 0 Å². The number of ether oxygens (including phenoxy) is 5. The monoisotopic (exact) mass is 485 g/mol. The average molecular weight is 485 g/mol. The van der Waals surface area contributed by atoms with Crippen LogP contribution in [0.15, 0.2) is 29.2 Å². The Morgan fingerprint density at radius 3 is 1.88 bits per heavy atom. The summed E-state index contributed by atoms with van der Waals surface area (Å²) in [6.07, 6.45) is -4.81. The number of non-ortho nitro benzene ring substituents is 1. The van der Waals surface area contributed by atoms with Gasteiger partial charge in [0.1, 0.15) is 18.1 Å². The first kappa shape index (κ1) is 26.1. The molecule has 1 saturated heterocycles. The van der Waals surface area contributed by atoms with Crippen LogP contribution in [0.25, 0.3) is 0 Å². The molecule has 33 heavy (non-hydrogen) atoms. The van der Waals surface area contributed by atoms with Crippen LogP contribution in [-0.4, -0.2) is 65.3 Å². The Morgan fingerprint density at radius 1 is 0.879 bits per heavy atom. The van der Waals surface area contributed by atoms with E-state index in [9.17, 15) is 29.3 Å². The maximum absolute atomic E-state index is 11.8. The van der Waals surface area contributed by atoms with Crippen LogP contribution >= 0.6 is 11.8 Å². The van der Waals surface area contributed by atoms with Gasteiger partial charge in [0.25, 0.3) is 5.69 Å². The number of hydrogen-bond acceptors (Lipinski definition) is 12. The van der Waals surface area contributed by atoms with Crippen molar-refractivity contribution >= 4 is 41.3 Å². The molecule has 0 saturated carbocycles. The fourth-order valence-corrected chi connectivity index (χ4v) is 4.17. The third kappa shape index (κ3) is 7.71. The van der Waals surface area contributed by atoms with Crippen LogP contribution in [0.4, 0.5) is 5.69 Å². The van der Waals surface area contributed by atoms with Gasteiger partial charge in [0, 0.05) is 44.7 Å². The molecule has 0 aliphatic carbocycles. The number of hydrogen-bond donors (Lipinski definition) is 0. The topological polar surface area (TPSA) is 158 Å². The summed E-state index contributed by atoms with van der Waals surface area (Å²) in [6, 6.07) is 5.51. The van der Waals surface area contributed by atoms with Crippen molar-refractivity contribution in [3.05, 3.63) is 34.4 Å². The summed E-state index contributed by atoms with van der Waals surface area (Å²) in [4.78, 5) is 57.5. The van der Waals surface area contributed by atoms with Crippen LogP contribution in [0.5, 0.6) is 0 Å². The largest absolute Gasteiger partial charge is 0.463 e. The van der Waals surface area contributed by atoms with E-state index in [2.05, 4.69) is 0 Å². The zero-order chi connectivity index (χ0) is 24.7. The predicted octanol–water partition coefficient (Wildman–Crippen LogP) is 1.77. The lowest BCUT2D eigenvalue weighted by Crippen LogP contribution is -2.61. The lowest BCUT2D eigenvalue weighted by Gasteiger charge is -2.44. The molecule has 13 heteroatoms. The minimum atomic E-state index is -1.28. The molecule has 0 N–H and O–H groups in total. The number of thioether (sulfide) groups is 1. The van der Waals surface area contributed by atoms with Crippen molar-refractivity contribution in [1.82, 2.24) is 0 Å². The summed E-state index contributed by atoms with van der Waals surface area (Å²) >= 11 is 1.03. The van der Waals surface area contributed by atoms with Crippen molar-refractivity contribution in [3.63, 3.8) is 0 Å². The second-order valence-corrected chi connectivity index (χ2v) is 8.11. The van der Waals surface area contributed by atoms with Gasteiger partial charge in [-0.25, -0.2) is 0 Å². The zero-order valence-corrected chi connectivity index (χ0v) is 19.1. The van der Waals surface area contributed by atoms with E-state index in [1.807, 2.05) is 0 Å². The molecule has 1 fully saturated rings. The normalized spacial score (nSPS) is 24.3. The summed E-state index contributed by atoms with van der Waals surface area (Å²) in [7, 11) is 0. The Kier molecular flexibility index (Phi) is 9.17. The average Bonchev–Trinajstić information content (AvgIpc) is 2.70. The minimum absolute atomic E-state index is 0.124. The molecule has 1 aliphatic heterocycles. The highest BCUT2D eigenvalue weighted by Crippen LogP contribution is 2.38. The minimum Gasteiger partial charge on any atom is -0.463 e. The van der Waals surface area contributed by atoms with Gasteiger partial charge in [-0.3, -0.25) is 29.3 Å². The quantitative estimate of drug-likeness (QED) is 0.228. The van der Waals surface area contributed by atoms with Gasteiger partial charge in [0.15, 0.2) is 18.3 Å². The Hall–Kier alpha value is -3.19. The Morgan fingerprint density at radius 2 is 1.39 bits per heavy atom. The van der Waals surface area contributed by atoms with Gasteiger partial charge in [0.05, 0.1) is 4.92 Å². The molecule has 5 atom stereocenters. The van der Waals surface area contributed by atoms with E-state index in [0.29, 0.717) is 4.90 Å². The van der Waals surface area contributed by atoms with Crippen molar-refractivity contribution in [2.75, 3.05) is 6.61 Å². The molecule has 180 valence electrons. The fraction of sp³-hybridized carbons (Fsp3) is 0.500. The second-order valence-electron chi connectivity index (χ2n) is 6.94. The second kappa shape index (κ2) is 11.6. The third-order valence-electron chi connectivity index (χ3n) is 4.25. The van der Waals surface area contributed by atoms with Crippen LogP contribution < -0.4 is 0 Å². The van der Waals surface area contributed by atoms with Gasteiger partial charge in [0.2, 0.25) is 0 Å². The van der Waals surface area contributed by atoms with Crippen molar-refractivity contribution in [1.29, 1.82) is 0 Å². The number of nitrogens with zero attached hydrogens (tertiary/aromatic N) is 1. The molecule has 1 aromatic carbocycles. The molecule has 2 rings (SSSR count).